The molecule has 0 fully saturated rings. The van der Waals surface area contributed by atoms with Crippen molar-refractivity contribution >= 4 is 17.7 Å². The number of carbonyl (C=O) groups is 1. The van der Waals surface area contributed by atoms with E-state index in [1.54, 1.807) is 19.6 Å². The zero-order valence-corrected chi connectivity index (χ0v) is 13.4. The summed E-state index contributed by atoms with van der Waals surface area (Å²) in [5.74, 6) is 0.964. The van der Waals surface area contributed by atoms with Crippen LogP contribution in [-0.4, -0.2) is 45.1 Å². The highest BCUT2D eigenvalue weighted by molar-refractivity contribution is 7.99. The summed E-state index contributed by atoms with van der Waals surface area (Å²) in [5, 5.41) is 11.7. The van der Waals surface area contributed by atoms with E-state index in [0.717, 1.165) is 5.03 Å². The second-order valence-electron chi connectivity index (χ2n) is 4.62. The Balaban J connectivity index is 1.84. The molecule has 118 valence electrons. The van der Waals surface area contributed by atoms with Crippen molar-refractivity contribution < 1.29 is 9.53 Å². The van der Waals surface area contributed by atoms with Crippen LogP contribution in [0.1, 0.15) is 18.8 Å². The number of amides is 1. The van der Waals surface area contributed by atoms with Crippen molar-refractivity contribution in [3.8, 4) is 0 Å². The van der Waals surface area contributed by atoms with Crippen LogP contribution in [0.15, 0.2) is 35.7 Å². The number of rotatable bonds is 8. The Morgan fingerprint density at radius 3 is 3.09 bits per heavy atom. The number of carbonyl (C=O) groups excluding carboxylic acids is 1. The van der Waals surface area contributed by atoms with E-state index in [1.807, 2.05) is 29.7 Å². The molecule has 0 aliphatic rings. The molecule has 0 radical (unpaired) electrons. The fourth-order valence-electron chi connectivity index (χ4n) is 1.88. The van der Waals surface area contributed by atoms with Crippen LogP contribution in [-0.2, 0) is 16.1 Å². The quantitative estimate of drug-likeness (QED) is 0.738. The Bertz CT molecular complexity index is 590. The molecular weight excluding hydrogens is 302 g/mol. The van der Waals surface area contributed by atoms with E-state index in [9.17, 15) is 4.79 Å². The zero-order chi connectivity index (χ0) is 15.8. The van der Waals surface area contributed by atoms with E-state index < -0.39 is 0 Å². The number of thioether (sulfide) groups is 1. The van der Waals surface area contributed by atoms with Gasteiger partial charge < -0.3 is 14.6 Å². The monoisotopic (exact) mass is 321 g/mol. The van der Waals surface area contributed by atoms with Crippen LogP contribution in [0.3, 0.4) is 0 Å². The molecule has 0 saturated carbocycles. The Kier molecular flexibility index (Phi) is 6.35. The third-order valence-electron chi connectivity index (χ3n) is 2.94. The molecule has 0 aliphatic carbocycles. The van der Waals surface area contributed by atoms with Crippen molar-refractivity contribution in [3.05, 3.63) is 36.5 Å². The predicted molar refractivity (Wildman–Crippen MR) is 83.4 cm³/mol. The molecule has 0 unspecified atom stereocenters. The maximum Gasteiger partial charge on any atom is 0.230 e. The van der Waals surface area contributed by atoms with Gasteiger partial charge in [-0.3, -0.25) is 4.79 Å². The highest BCUT2D eigenvalue weighted by Gasteiger charge is 2.15. The largest absolute Gasteiger partial charge is 0.383 e. The number of nitrogens with zero attached hydrogens (tertiary/aromatic N) is 4. The minimum absolute atomic E-state index is 0.0653. The lowest BCUT2D eigenvalue weighted by Crippen LogP contribution is -2.30. The standard InChI is InChI=1S/C14H19N5O2S/c1-11(14-18-16-10-19(14)7-8-21-2)17-12(20)9-22-13-5-3-4-6-15-13/h3-6,10-11H,7-9H2,1-2H3,(H,17,20)/t11-/m0/s1. The Hall–Kier alpha value is -1.93. The topological polar surface area (TPSA) is 81.9 Å². The van der Waals surface area contributed by atoms with Crippen LogP contribution < -0.4 is 5.32 Å². The number of hydrogen-bond donors (Lipinski definition) is 1. The van der Waals surface area contributed by atoms with Crippen molar-refractivity contribution in [2.75, 3.05) is 19.5 Å². The van der Waals surface area contributed by atoms with Crippen molar-refractivity contribution in [3.63, 3.8) is 0 Å². The minimum Gasteiger partial charge on any atom is -0.383 e. The lowest BCUT2D eigenvalue weighted by molar-refractivity contribution is -0.119. The summed E-state index contributed by atoms with van der Waals surface area (Å²) < 4.78 is 6.92. The lowest BCUT2D eigenvalue weighted by Gasteiger charge is -2.14. The lowest BCUT2D eigenvalue weighted by atomic mass is 10.3. The highest BCUT2D eigenvalue weighted by Crippen LogP contribution is 2.14. The first-order chi connectivity index (χ1) is 10.7. The Labute approximate surface area is 133 Å². The van der Waals surface area contributed by atoms with Gasteiger partial charge in [0.2, 0.25) is 5.91 Å². The molecule has 0 aromatic carbocycles. The van der Waals surface area contributed by atoms with Crippen molar-refractivity contribution in [2.45, 2.75) is 24.5 Å². The number of ether oxygens (including phenoxy) is 1. The number of pyridine rings is 1. The summed E-state index contributed by atoms with van der Waals surface area (Å²) in [7, 11) is 1.64. The molecule has 1 N–H and O–H groups in total. The number of hydrogen-bond acceptors (Lipinski definition) is 6. The van der Waals surface area contributed by atoms with E-state index in [2.05, 4.69) is 20.5 Å². The van der Waals surface area contributed by atoms with Gasteiger partial charge in [0.15, 0.2) is 5.82 Å². The third-order valence-corrected chi connectivity index (χ3v) is 3.88. The summed E-state index contributed by atoms with van der Waals surface area (Å²) in [6, 6.07) is 5.41. The summed E-state index contributed by atoms with van der Waals surface area (Å²) in [6.45, 7) is 3.11. The van der Waals surface area contributed by atoms with Crippen molar-refractivity contribution in [1.29, 1.82) is 0 Å². The van der Waals surface area contributed by atoms with Crippen molar-refractivity contribution in [1.82, 2.24) is 25.1 Å². The first kappa shape index (κ1) is 16.4. The van der Waals surface area contributed by atoms with Gasteiger partial charge in [-0.15, -0.1) is 10.2 Å². The molecule has 1 amide bonds. The molecule has 8 heteroatoms. The van der Waals surface area contributed by atoms with Crippen LogP contribution in [0.4, 0.5) is 0 Å². The minimum atomic E-state index is -0.212. The molecule has 0 saturated heterocycles. The molecule has 0 spiro atoms. The second kappa shape index (κ2) is 8.50. The molecule has 7 nitrogen and oxygen atoms in total. The molecule has 0 bridgehead atoms. The Morgan fingerprint density at radius 2 is 2.36 bits per heavy atom. The Morgan fingerprint density at radius 1 is 1.50 bits per heavy atom. The molecule has 2 aromatic rings. The molecule has 0 aliphatic heterocycles. The predicted octanol–water partition coefficient (Wildman–Crippen LogP) is 1.29. The van der Waals surface area contributed by atoms with E-state index >= 15 is 0 Å². The molecule has 2 aromatic heterocycles. The SMILES string of the molecule is COCCn1cnnc1[C@H](C)NC(=O)CSc1ccccn1. The summed E-state index contributed by atoms with van der Waals surface area (Å²) >= 11 is 1.40. The van der Waals surface area contributed by atoms with Gasteiger partial charge in [-0.25, -0.2) is 4.98 Å². The fourth-order valence-corrected chi connectivity index (χ4v) is 2.55. The van der Waals surface area contributed by atoms with Crippen molar-refractivity contribution in [2.24, 2.45) is 0 Å². The number of nitrogens with one attached hydrogen (secondary N) is 1. The maximum absolute atomic E-state index is 12.0. The van der Waals surface area contributed by atoms with Gasteiger partial charge in [0, 0.05) is 19.9 Å². The van der Waals surface area contributed by atoms with Gasteiger partial charge in [0.05, 0.1) is 23.4 Å². The van der Waals surface area contributed by atoms with Gasteiger partial charge in [-0.05, 0) is 19.1 Å². The fraction of sp³-hybridized carbons (Fsp3) is 0.429. The first-order valence-electron chi connectivity index (χ1n) is 6.90. The molecule has 22 heavy (non-hydrogen) atoms. The normalized spacial score (nSPS) is 12.1. The average molecular weight is 321 g/mol. The summed E-state index contributed by atoms with van der Waals surface area (Å²) in [6.07, 6.45) is 3.35. The van der Waals surface area contributed by atoms with Gasteiger partial charge >= 0.3 is 0 Å². The smallest absolute Gasteiger partial charge is 0.230 e. The molecular formula is C14H19N5O2S. The maximum atomic E-state index is 12.0. The number of aromatic nitrogens is 4. The summed E-state index contributed by atoms with van der Waals surface area (Å²) in [4.78, 5) is 16.2. The van der Waals surface area contributed by atoms with Gasteiger partial charge in [-0.1, -0.05) is 17.8 Å². The molecule has 2 heterocycles. The average Bonchev–Trinajstić information content (AvgIpc) is 3.00. The van der Waals surface area contributed by atoms with Gasteiger partial charge in [0.25, 0.3) is 0 Å². The van der Waals surface area contributed by atoms with Crippen LogP contribution in [0, 0.1) is 0 Å². The van der Waals surface area contributed by atoms with Crippen LogP contribution in [0.2, 0.25) is 0 Å². The molecule has 2 rings (SSSR count). The first-order valence-corrected chi connectivity index (χ1v) is 7.89. The number of methoxy groups -OCH3 is 1. The second-order valence-corrected chi connectivity index (χ2v) is 5.62. The molecule has 1 atom stereocenters. The van der Waals surface area contributed by atoms with Crippen LogP contribution in [0.25, 0.3) is 0 Å². The van der Waals surface area contributed by atoms with E-state index in [4.69, 9.17) is 4.74 Å². The van der Waals surface area contributed by atoms with E-state index in [1.165, 1.54) is 11.8 Å². The van der Waals surface area contributed by atoms with Gasteiger partial charge in [0.1, 0.15) is 6.33 Å². The third kappa shape index (κ3) is 4.81. The zero-order valence-electron chi connectivity index (χ0n) is 12.6. The van der Waals surface area contributed by atoms with E-state index in [0.29, 0.717) is 24.7 Å². The van der Waals surface area contributed by atoms with Gasteiger partial charge in [-0.2, -0.15) is 0 Å². The van der Waals surface area contributed by atoms with Crippen LogP contribution >= 0.6 is 11.8 Å². The highest BCUT2D eigenvalue weighted by atomic mass is 32.2. The van der Waals surface area contributed by atoms with Crippen LogP contribution in [0.5, 0.6) is 0 Å². The van der Waals surface area contributed by atoms with E-state index in [-0.39, 0.29) is 11.9 Å². The summed E-state index contributed by atoms with van der Waals surface area (Å²) in [5.41, 5.74) is 0.